The molecule has 8 atom stereocenters. The van der Waals surface area contributed by atoms with Gasteiger partial charge in [0.1, 0.15) is 0 Å². The van der Waals surface area contributed by atoms with Gasteiger partial charge in [-0.2, -0.15) is 0 Å². The molecule has 170 valence electrons. The lowest BCUT2D eigenvalue weighted by Gasteiger charge is -2.55. The smallest absolute Gasteiger partial charge is 0.0543 e. The fourth-order valence-electron chi connectivity index (χ4n) is 8.88. The van der Waals surface area contributed by atoms with E-state index in [0.717, 1.165) is 42.4 Å². The summed E-state index contributed by atoms with van der Waals surface area (Å²) < 4.78 is 0. The van der Waals surface area contributed by atoms with Crippen molar-refractivity contribution in [3.63, 3.8) is 0 Å². The van der Waals surface area contributed by atoms with Crippen molar-refractivity contribution in [2.45, 2.75) is 118 Å². The van der Waals surface area contributed by atoms with Crippen LogP contribution in [0.5, 0.6) is 0 Å². The van der Waals surface area contributed by atoms with E-state index in [1.165, 1.54) is 69.8 Å². The Hall–Kier alpha value is -0.560. The predicted octanol–water partition coefficient (Wildman–Crippen LogP) is 8.09. The molecule has 0 bridgehead atoms. The second kappa shape index (κ2) is 8.42. The van der Waals surface area contributed by atoms with Gasteiger partial charge in [0.15, 0.2) is 0 Å². The fourth-order valence-corrected chi connectivity index (χ4v) is 8.88. The van der Waals surface area contributed by atoms with Crippen molar-refractivity contribution in [3.05, 3.63) is 23.3 Å². The summed E-state index contributed by atoms with van der Waals surface area (Å²) in [7, 11) is 0. The van der Waals surface area contributed by atoms with Crippen LogP contribution in [0.2, 0.25) is 0 Å². The van der Waals surface area contributed by atoms with Gasteiger partial charge in [0.2, 0.25) is 0 Å². The molecule has 0 aromatic carbocycles. The van der Waals surface area contributed by atoms with Crippen LogP contribution in [0.4, 0.5) is 0 Å². The lowest BCUT2D eigenvalue weighted by molar-refractivity contribution is 0.0131. The average Bonchev–Trinajstić information content (AvgIpc) is 3.06. The summed E-state index contributed by atoms with van der Waals surface area (Å²) in [5.74, 6) is 4.04. The number of hydrogen-bond donors (Lipinski definition) is 1. The highest BCUT2D eigenvalue weighted by molar-refractivity contribution is 5.34. The number of fused-ring (bicyclic) bond motifs is 4. The van der Waals surface area contributed by atoms with Crippen molar-refractivity contribution >= 4 is 0 Å². The zero-order valence-electron chi connectivity index (χ0n) is 20.6. The van der Waals surface area contributed by atoms with Crippen LogP contribution in [0.15, 0.2) is 23.3 Å². The van der Waals surface area contributed by atoms with Crippen molar-refractivity contribution in [3.8, 4) is 0 Å². The van der Waals surface area contributed by atoms with E-state index in [-0.39, 0.29) is 6.10 Å². The van der Waals surface area contributed by atoms with Gasteiger partial charge in [0.05, 0.1) is 6.10 Å². The van der Waals surface area contributed by atoms with E-state index >= 15 is 0 Å². The minimum absolute atomic E-state index is 0.0399. The second-order valence-corrected chi connectivity index (χ2v) is 12.3. The molecule has 2 saturated carbocycles. The maximum Gasteiger partial charge on any atom is 0.0543 e. The number of aliphatic hydroxyl groups is 1. The third-order valence-electron chi connectivity index (χ3n) is 10.9. The molecule has 0 aromatic heterocycles. The van der Waals surface area contributed by atoms with Crippen LogP contribution in [0, 0.1) is 40.4 Å². The van der Waals surface area contributed by atoms with Gasteiger partial charge < -0.3 is 5.11 Å². The van der Waals surface area contributed by atoms with Crippen LogP contribution in [0.1, 0.15) is 112 Å². The highest BCUT2D eigenvalue weighted by atomic mass is 16.3. The minimum atomic E-state index is -0.0399. The minimum Gasteiger partial charge on any atom is -0.393 e. The van der Waals surface area contributed by atoms with Crippen LogP contribution in [0.25, 0.3) is 0 Å². The molecule has 1 N–H and O–H groups in total. The Balaban J connectivity index is 1.51. The Morgan fingerprint density at radius 1 is 1.10 bits per heavy atom. The second-order valence-electron chi connectivity index (χ2n) is 12.3. The molecule has 4 aliphatic rings. The first-order valence-electron chi connectivity index (χ1n) is 13.3. The molecule has 4 rings (SSSR count). The maximum absolute atomic E-state index is 10.3. The van der Waals surface area contributed by atoms with Gasteiger partial charge in [-0.25, -0.2) is 0 Å². The number of aliphatic hydroxyl groups excluding tert-OH is 1. The number of allylic oxidation sites excluding steroid dienone is 3. The lowest BCUT2D eigenvalue weighted by atomic mass is 9.50. The van der Waals surface area contributed by atoms with E-state index in [0.29, 0.717) is 10.8 Å². The highest BCUT2D eigenvalue weighted by Gasteiger charge is 2.55. The summed E-state index contributed by atoms with van der Waals surface area (Å²) in [5.41, 5.74) is 6.08. The molecule has 1 nitrogen and oxygen atoms in total. The zero-order valence-corrected chi connectivity index (χ0v) is 20.6. The Bertz CT molecular complexity index is 688. The Morgan fingerprint density at radius 3 is 2.57 bits per heavy atom. The summed E-state index contributed by atoms with van der Waals surface area (Å²) >= 11 is 0. The van der Waals surface area contributed by atoms with E-state index in [2.05, 4.69) is 41.2 Å². The predicted molar refractivity (Wildman–Crippen MR) is 128 cm³/mol. The normalized spacial score (nSPS) is 42.9. The van der Waals surface area contributed by atoms with Crippen molar-refractivity contribution in [1.82, 2.24) is 0 Å². The Kier molecular flexibility index (Phi) is 6.35. The summed E-state index contributed by atoms with van der Waals surface area (Å²) in [6, 6.07) is 0. The van der Waals surface area contributed by atoms with Gasteiger partial charge in [0, 0.05) is 0 Å². The van der Waals surface area contributed by atoms with Crippen LogP contribution in [-0.4, -0.2) is 11.2 Å². The molecule has 0 aromatic rings. The van der Waals surface area contributed by atoms with Crippen molar-refractivity contribution in [2.24, 2.45) is 40.4 Å². The highest BCUT2D eigenvalue weighted by Crippen LogP contribution is 2.66. The number of hydrogen-bond acceptors (Lipinski definition) is 1. The first-order valence-corrected chi connectivity index (χ1v) is 13.3. The standard InChI is InChI=1S/C29H48O/c1-7-21(19(2)3)9-8-20(4)25-12-13-26-24-11-10-22-18-23(30)14-16-28(22,5)27(24)15-17-29(25,26)6/h20-23,25-26,30H,2,7-18H2,1,3-6H3/t20-,21?,22?,23+,25-,26+,28+,29-/m1/s1. The number of rotatable bonds is 6. The van der Waals surface area contributed by atoms with Gasteiger partial charge in [-0.3, -0.25) is 0 Å². The van der Waals surface area contributed by atoms with Gasteiger partial charge in [-0.1, -0.05) is 51.0 Å². The van der Waals surface area contributed by atoms with Crippen molar-refractivity contribution in [1.29, 1.82) is 0 Å². The van der Waals surface area contributed by atoms with Crippen LogP contribution < -0.4 is 0 Å². The molecule has 2 unspecified atom stereocenters. The summed E-state index contributed by atoms with van der Waals surface area (Å²) in [6.45, 7) is 16.6. The first kappa shape index (κ1) is 22.6. The third kappa shape index (κ3) is 3.66. The summed E-state index contributed by atoms with van der Waals surface area (Å²) in [6.07, 6.45) is 15.5. The molecule has 0 heterocycles. The topological polar surface area (TPSA) is 20.2 Å². The largest absolute Gasteiger partial charge is 0.393 e. The van der Waals surface area contributed by atoms with Gasteiger partial charge in [-0.15, -0.1) is 0 Å². The van der Waals surface area contributed by atoms with E-state index in [4.69, 9.17) is 0 Å². The molecule has 0 radical (unpaired) electrons. The molecule has 4 aliphatic carbocycles. The average molecular weight is 413 g/mol. The van der Waals surface area contributed by atoms with Crippen LogP contribution in [-0.2, 0) is 0 Å². The SMILES string of the molecule is C=C(C)C(CC)CC[C@@H](C)[C@H]1CC[C@H]2C3=C(CC[C@]12C)[C@@]1(C)CC[C@H](O)CC1CC3. The Morgan fingerprint density at radius 2 is 1.87 bits per heavy atom. The van der Waals surface area contributed by atoms with Gasteiger partial charge >= 0.3 is 0 Å². The van der Waals surface area contributed by atoms with E-state index < -0.39 is 0 Å². The molecule has 1 heteroatoms. The summed E-state index contributed by atoms with van der Waals surface area (Å²) in [5, 5.41) is 10.3. The molecular weight excluding hydrogens is 364 g/mol. The molecule has 2 fully saturated rings. The van der Waals surface area contributed by atoms with Crippen molar-refractivity contribution < 1.29 is 5.11 Å². The molecule has 30 heavy (non-hydrogen) atoms. The van der Waals surface area contributed by atoms with E-state index in [1.807, 2.05) is 11.1 Å². The van der Waals surface area contributed by atoms with E-state index in [1.54, 1.807) is 0 Å². The lowest BCUT2D eigenvalue weighted by Crippen LogP contribution is -2.45. The molecule has 0 spiro atoms. The third-order valence-corrected chi connectivity index (χ3v) is 10.9. The van der Waals surface area contributed by atoms with Gasteiger partial charge in [-0.05, 0) is 124 Å². The first-order chi connectivity index (χ1) is 14.2. The molecule has 0 saturated heterocycles. The Labute approximate surface area is 186 Å². The zero-order chi connectivity index (χ0) is 21.7. The van der Waals surface area contributed by atoms with Crippen LogP contribution in [0.3, 0.4) is 0 Å². The monoisotopic (exact) mass is 412 g/mol. The summed E-state index contributed by atoms with van der Waals surface area (Å²) in [4.78, 5) is 0. The fraction of sp³-hybridized carbons (Fsp3) is 0.862. The molecule has 0 aliphatic heterocycles. The van der Waals surface area contributed by atoms with Gasteiger partial charge in [0.25, 0.3) is 0 Å². The van der Waals surface area contributed by atoms with Crippen LogP contribution >= 0.6 is 0 Å². The van der Waals surface area contributed by atoms with E-state index in [9.17, 15) is 5.11 Å². The quantitative estimate of drug-likeness (QED) is 0.437. The maximum atomic E-state index is 10.3. The van der Waals surface area contributed by atoms with Crippen molar-refractivity contribution in [2.75, 3.05) is 0 Å². The molecular formula is C29H48O. The molecule has 0 amide bonds.